The van der Waals surface area contributed by atoms with Crippen LogP contribution in [0.1, 0.15) is 29.8 Å². The van der Waals surface area contributed by atoms with E-state index >= 15 is 0 Å². The molecule has 8 heteroatoms. The summed E-state index contributed by atoms with van der Waals surface area (Å²) in [4.78, 5) is 16.8. The number of fused-ring (bicyclic) bond motifs is 1. The lowest BCUT2D eigenvalue weighted by Crippen LogP contribution is -2.48. The van der Waals surface area contributed by atoms with Gasteiger partial charge in [0.15, 0.2) is 9.45 Å². The van der Waals surface area contributed by atoms with E-state index in [1.165, 1.54) is 4.70 Å². The zero-order chi connectivity index (χ0) is 19.2. The Balaban J connectivity index is 1.52. The summed E-state index contributed by atoms with van der Waals surface area (Å²) in [6.07, 6.45) is 0. The van der Waals surface area contributed by atoms with E-state index in [1.54, 1.807) is 23.1 Å². The van der Waals surface area contributed by atoms with Crippen molar-refractivity contribution in [2.75, 3.05) is 0 Å². The Kier molecular flexibility index (Phi) is 6.65. The van der Waals surface area contributed by atoms with Crippen molar-refractivity contribution in [3.63, 3.8) is 0 Å². The van der Waals surface area contributed by atoms with Gasteiger partial charge in [0.1, 0.15) is 0 Å². The van der Waals surface area contributed by atoms with E-state index in [4.69, 9.17) is 12.2 Å². The van der Waals surface area contributed by atoms with Crippen molar-refractivity contribution in [1.29, 1.82) is 0 Å². The van der Waals surface area contributed by atoms with Crippen LogP contribution in [-0.2, 0) is 5.75 Å². The molecule has 5 nitrogen and oxygen atoms in total. The average Bonchev–Trinajstić information content (AvgIpc) is 3.07. The quantitative estimate of drug-likeness (QED) is 0.331. The number of nitrogens with one attached hydrogen (secondary N) is 3. The molecule has 140 valence electrons. The summed E-state index contributed by atoms with van der Waals surface area (Å²) in [7, 11) is 0. The summed E-state index contributed by atoms with van der Waals surface area (Å²) in [5.74, 6) is 0.579. The molecule has 0 saturated heterocycles. The zero-order valence-corrected chi connectivity index (χ0v) is 17.4. The number of para-hydroxylation sites is 1. The van der Waals surface area contributed by atoms with Gasteiger partial charge in [-0.1, -0.05) is 36.0 Å². The molecule has 0 aliphatic carbocycles. The first-order valence-corrected chi connectivity index (χ1v) is 10.7. The third-order valence-corrected chi connectivity index (χ3v) is 6.03. The van der Waals surface area contributed by atoms with Gasteiger partial charge in [0, 0.05) is 17.4 Å². The Morgan fingerprint density at radius 3 is 2.59 bits per heavy atom. The van der Waals surface area contributed by atoms with E-state index in [-0.39, 0.29) is 11.9 Å². The minimum Gasteiger partial charge on any atom is -0.359 e. The lowest BCUT2D eigenvalue weighted by atomic mass is 10.1. The van der Waals surface area contributed by atoms with Crippen LogP contribution in [0.25, 0.3) is 10.2 Å². The van der Waals surface area contributed by atoms with Crippen molar-refractivity contribution in [3.05, 3.63) is 59.7 Å². The number of benzene rings is 2. The third-order valence-electron chi connectivity index (χ3n) is 3.56. The first-order valence-electron chi connectivity index (χ1n) is 8.45. The van der Waals surface area contributed by atoms with Crippen LogP contribution in [0.2, 0.25) is 0 Å². The van der Waals surface area contributed by atoms with Crippen molar-refractivity contribution in [1.82, 2.24) is 21.2 Å². The highest BCUT2D eigenvalue weighted by Gasteiger charge is 2.08. The molecule has 0 fully saturated rings. The number of amides is 1. The minimum absolute atomic E-state index is 0.203. The van der Waals surface area contributed by atoms with Crippen LogP contribution in [0.5, 0.6) is 0 Å². The molecule has 1 amide bonds. The topological polar surface area (TPSA) is 66.0 Å². The molecule has 0 aliphatic heterocycles. The van der Waals surface area contributed by atoms with Crippen molar-refractivity contribution >= 4 is 56.6 Å². The van der Waals surface area contributed by atoms with Gasteiger partial charge in [0.25, 0.3) is 5.91 Å². The number of carbonyl (C=O) groups is 1. The number of thiazole rings is 1. The van der Waals surface area contributed by atoms with Crippen molar-refractivity contribution in [2.45, 2.75) is 30.0 Å². The summed E-state index contributed by atoms with van der Waals surface area (Å²) in [5.41, 5.74) is 8.03. The number of thiocarbonyl (C=S) groups is 1. The molecular formula is C19H20N4OS3. The van der Waals surface area contributed by atoms with Crippen LogP contribution < -0.4 is 16.2 Å². The van der Waals surface area contributed by atoms with Crippen molar-refractivity contribution in [2.24, 2.45) is 0 Å². The van der Waals surface area contributed by atoms with Crippen LogP contribution >= 0.6 is 35.3 Å². The maximum Gasteiger partial charge on any atom is 0.269 e. The fourth-order valence-corrected chi connectivity index (χ4v) is 4.61. The Hall–Kier alpha value is -2.16. The molecule has 0 atom stereocenters. The number of rotatable bonds is 5. The number of hydrazine groups is 1. The highest BCUT2D eigenvalue weighted by Crippen LogP contribution is 2.31. The third kappa shape index (κ3) is 5.66. The molecule has 27 heavy (non-hydrogen) atoms. The minimum atomic E-state index is -0.228. The fourth-order valence-electron chi connectivity index (χ4n) is 2.29. The summed E-state index contributed by atoms with van der Waals surface area (Å²) in [5, 5.41) is 3.39. The van der Waals surface area contributed by atoms with E-state index < -0.39 is 0 Å². The maximum atomic E-state index is 12.2. The maximum absolute atomic E-state index is 12.2. The predicted molar refractivity (Wildman–Crippen MR) is 117 cm³/mol. The van der Waals surface area contributed by atoms with Gasteiger partial charge < -0.3 is 5.32 Å². The number of carbonyl (C=O) groups excluding carboxylic acids is 1. The number of aromatic nitrogens is 1. The molecule has 0 saturated carbocycles. The molecule has 0 unspecified atom stereocenters. The normalized spacial score (nSPS) is 10.8. The molecule has 2 aromatic carbocycles. The molecule has 1 aromatic heterocycles. The number of hydrogen-bond acceptors (Lipinski definition) is 5. The summed E-state index contributed by atoms with van der Waals surface area (Å²) >= 11 is 8.48. The molecule has 1 heterocycles. The molecule has 0 bridgehead atoms. The van der Waals surface area contributed by atoms with Gasteiger partial charge in [-0.3, -0.25) is 15.6 Å². The van der Waals surface area contributed by atoms with Crippen LogP contribution in [0, 0.1) is 0 Å². The van der Waals surface area contributed by atoms with E-state index in [9.17, 15) is 4.79 Å². The average molecular weight is 417 g/mol. The van der Waals surface area contributed by atoms with E-state index in [0.717, 1.165) is 21.2 Å². The van der Waals surface area contributed by atoms with E-state index in [2.05, 4.69) is 27.2 Å². The Bertz CT molecular complexity index is 905. The van der Waals surface area contributed by atoms with Crippen molar-refractivity contribution < 1.29 is 4.79 Å². The lowest BCUT2D eigenvalue weighted by Gasteiger charge is -2.13. The molecular weight excluding hydrogens is 396 g/mol. The molecule has 3 aromatic rings. The number of nitrogens with zero attached hydrogens (tertiary/aromatic N) is 1. The second-order valence-corrected chi connectivity index (χ2v) is 8.80. The first-order chi connectivity index (χ1) is 13.0. The van der Waals surface area contributed by atoms with Gasteiger partial charge in [-0.2, -0.15) is 0 Å². The SMILES string of the molecule is CC(C)NC(=S)NNC(=O)c1ccc(CSc2nc3ccccc3s2)cc1. The van der Waals surface area contributed by atoms with Crippen LogP contribution in [-0.4, -0.2) is 22.0 Å². The van der Waals surface area contributed by atoms with E-state index in [1.807, 2.05) is 56.3 Å². The second kappa shape index (κ2) is 9.16. The summed E-state index contributed by atoms with van der Waals surface area (Å²) in [6.45, 7) is 3.95. The number of hydrogen-bond donors (Lipinski definition) is 3. The van der Waals surface area contributed by atoms with Gasteiger partial charge in [-0.15, -0.1) is 11.3 Å². The zero-order valence-electron chi connectivity index (χ0n) is 15.0. The first kappa shape index (κ1) is 19.6. The van der Waals surface area contributed by atoms with Crippen molar-refractivity contribution in [3.8, 4) is 0 Å². The summed E-state index contributed by atoms with van der Waals surface area (Å²) in [6, 6.07) is 15.9. The van der Waals surface area contributed by atoms with Gasteiger partial charge in [-0.05, 0) is 55.9 Å². The van der Waals surface area contributed by atoms with Crippen LogP contribution in [0.4, 0.5) is 0 Å². The molecule has 0 radical (unpaired) electrons. The van der Waals surface area contributed by atoms with Gasteiger partial charge in [0.05, 0.1) is 10.2 Å². The standard InChI is InChI=1S/C19H20N4OS3/c1-12(2)20-18(25)23-22-17(24)14-9-7-13(8-10-14)11-26-19-21-15-5-3-4-6-16(15)27-19/h3-10,12H,11H2,1-2H3,(H,22,24)(H2,20,23,25). The highest BCUT2D eigenvalue weighted by molar-refractivity contribution is 8.00. The van der Waals surface area contributed by atoms with Gasteiger partial charge in [0.2, 0.25) is 0 Å². The molecule has 3 rings (SSSR count). The monoisotopic (exact) mass is 416 g/mol. The fraction of sp³-hybridized carbons (Fsp3) is 0.211. The Morgan fingerprint density at radius 2 is 1.89 bits per heavy atom. The van der Waals surface area contributed by atoms with Gasteiger partial charge in [-0.25, -0.2) is 4.98 Å². The largest absolute Gasteiger partial charge is 0.359 e. The van der Waals surface area contributed by atoms with Crippen LogP contribution in [0.15, 0.2) is 52.9 Å². The molecule has 3 N–H and O–H groups in total. The van der Waals surface area contributed by atoms with Gasteiger partial charge >= 0.3 is 0 Å². The molecule has 0 spiro atoms. The lowest BCUT2D eigenvalue weighted by molar-refractivity contribution is 0.0943. The Labute approximate surface area is 171 Å². The van der Waals surface area contributed by atoms with Crippen LogP contribution in [0.3, 0.4) is 0 Å². The smallest absolute Gasteiger partial charge is 0.269 e. The number of thioether (sulfide) groups is 1. The predicted octanol–water partition coefficient (Wildman–Crippen LogP) is 4.11. The van der Waals surface area contributed by atoms with E-state index in [0.29, 0.717) is 10.7 Å². The molecule has 0 aliphatic rings. The Morgan fingerprint density at radius 1 is 1.15 bits per heavy atom. The summed E-state index contributed by atoms with van der Waals surface area (Å²) < 4.78 is 2.25. The second-order valence-electron chi connectivity index (χ2n) is 6.14. The highest BCUT2D eigenvalue weighted by atomic mass is 32.2.